The number of furan rings is 1. The molecule has 66 heavy (non-hydrogen) atoms. The van der Waals surface area contributed by atoms with Crippen LogP contribution in [0.1, 0.15) is 110 Å². The van der Waals surface area contributed by atoms with Gasteiger partial charge in [-0.1, -0.05) is 148 Å². The predicted molar refractivity (Wildman–Crippen MR) is 286 cm³/mol. The minimum atomic E-state index is -0.143. The zero-order chi connectivity index (χ0) is 45.8. The SMILES string of the molecule is Cc1cc2c3c(c1)N(c1ccc(C(C)(C)C)cc1-c1ccccc1)c1c(ccc4c1sc1ccccc14)B3c1oc3cc4c(cc3c1N2c1ccc(C(C)(C)C)cc1)C(C)(C)CCC4(C)C. The van der Waals surface area contributed by atoms with Crippen LogP contribution in [0.25, 0.3) is 42.3 Å². The first kappa shape index (κ1) is 41.4. The topological polar surface area (TPSA) is 19.6 Å². The van der Waals surface area contributed by atoms with Gasteiger partial charge in [0.1, 0.15) is 5.58 Å². The highest BCUT2D eigenvalue weighted by Crippen LogP contribution is 2.54. The molecule has 7 aromatic carbocycles. The fourth-order valence-electron chi connectivity index (χ4n) is 11.6. The maximum Gasteiger partial charge on any atom is 0.297 e. The van der Waals surface area contributed by atoms with Crippen molar-refractivity contribution in [3.05, 3.63) is 161 Å². The van der Waals surface area contributed by atoms with E-state index in [1.807, 2.05) is 11.3 Å². The van der Waals surface area contributed by atoms with Crippen LogP contribution in [-0.2, 0) is 21.7 Å². The smallest absolute Gasteiger partial charge is 0.297 e. The van der Waals surface area contributed by atoms with E-state index in [-0.39, 0.29) is 28.4 Å². The highest BCUT2D eigenvalue weighted by atomic mass is 32.1. The van der Waals surface area contributed by atoms with Gasteiger partial charge in [0, 0.05) is 43.5 Å². The van der Waals surface area contributed by atoms with Crippen LogP contribution in [0.15, 0.2) is 138 Å². The Morgan fingerprint density at radius 2 is 1.21 bits per heavy atom. The molecule has 1 aliphatic carbocycles. The van der Waals surface area contributed by atoms with Crippen molar-refractivity contribution in [1.29, 1.82) is 0 Å². The van der Waals surface area contributed by atoms with Gasteiger partial charge in [-0.3, -0.25) is 0 Å². The van der Waals surface area contributed by atoms with Gasteiger partial charge in [-0.25, -0.2) is 0 Å². The van der Waals surface area contributed by atoms with E-state index in [1.54, 1.807) is 0 Å². The monoisotopic (exact) mass is 878 g/mol. The average Bonchev–Trinajstić information content (AvgIpc) is 3.85. The molecular formula is C61H59BN2OS. The summed E-state index contributed by atoms with van der Waals surface area (Å²) in [4.78, 5) is 5.20. The Balaban J connectivity index is 1.23. The molecule has 2 aromatic heterocycles. The lowest BCUT2D eigenvalue weighted by Gasteiger charge is -2.43. The molecule has 12 rings (SSSR count). The third-order valence-corrected chi connectivity index (χ3v) is 16.7. The number of nitrogens with zero attached hydrogens (tertiary/aromatic N) is 2. The Labute approximate surface area is 395 Å². The lowest BCUT2D eigenvalue weighted by atomic mass is 9.35. The molecule has 0 saturated carbocycles. The van der Waals surface area contributed by atoms with Crippen LogP contribution in [0, 0.1) is 6.92 Å². The molecule has 4 heterocycles. The van der Waals surface area contributed by atoms with E-state index in [2.05, 4.69) is 219 Å². The van der Waals surface area contributed by atoms with Crippen molar-refractivity contribution in [3.63, 3.8) is 0 Å². The Bertz CT molecular complexity index is 3470. The second kappa shape index (κ2) is 14.0. The third-order valence-electron chi connectivity index (χ3n) is 15.5. The second-order valence-electron chi connectivity index (χ2n) is 22.9. The maximum absolute atomic E-state index is 7.59. The molecule has 3 aliphatic rings. The number of aryl methyl sites for hydroxylation is 1. The molecule has 0 N–H and O–H groups in total. The summed E-state index contributed by atoms with van der Waals surface area (Å²) in [5, 5.41) is 3.79. The number of benzene rings is 7. The molecule has 3 nitrogen and oxygen atoms in total. The van der Waals surface area contributed by atoms with Crippen molar-refractivity contribution in [2.24, 2.45) is 0 Å². The molecule has 0 bridgehead atoms. The lowest BCUT2D eigenvalue weighted by Crippen LogP contribution is -2.61. The number of fused-ring (bicyclic) bond motifs is 11. The summed E-state index contributed by atoms with van der Waals surface area (Å²) in [5.74, 6) is 0. The Morgan fingerprint density at radius 1 is 0.576 bits per heavy atom. The van der Waals surface area contributed by atoms with Gasteiger partial charge >= 0.3 is 0 Å². The van der Waals surface area contributed by atoms with E-state index < -0.39 is 0 Å². The fraction of sp³-hybridized carbons (Fsp3) is 0.279. The first-order valence-electron chi connectivity index (χ1n) is 24.0. The largest absolute Gasteiger partial charge is 0.468 e. The molecule has 0 atom stereocenters. The molecule has 0 radical (unpaired) electrons. The minimum absolute atomic E-state index is 0.0279. The first-order chi connectivity index (χ1) is 31.4. The molecule has 0 unspecified atom stereocenters. The predicted octanol–water partition coefficient (Wildman–Crippen LogP) is 15.8. The van der Waals surface area contributed by atoms with Gasteiger partial charge in [-0.15, -0.1) is 11.3 Å². The zero-order valence-corrected chi connectivity index (χ0v) is 41.2. The van der Waals surface area contributed by atoms with E-state index in [1.165, 1.54) is 104 Å². The lowest BCUT2D eigenvalue weighted by molar-refractivity contribution is 0.332. The summed E-state index contributed by atoms with van der Waals surface area (Å²) in [5.41, 5.74) is 21.0. The fourth-order valence-corrected chi connectivity index (χ4v) is 12.9. The highest BCUT2D eigenvalue weighted by molar-refractivity contribution is 7.26. The second-order valence-corrected chi connectivity index (χ2v) is 24.0. The number of thiophene rings is 1. The average molecular weight is 879 g/mol. The first-order valence-corrected chi connectivity index (χ1v) is 24.8. The maximum atomic E-state index is 7.59. The summed E-state index contributed by atoms with van der Waals surface area (Å²) in [6.07, 6.45) is 2.30. The molecule has 0 saturated heterocycles. The van der Waals surface area contributed by atoms with Crippen molar-refractivity contribution in [2.45, 2.75) is 111 Å². The van der Waals surface area contributed by atoms with Crippen LogP contribution in [0.3, 0.4) is 0 Å². The van der Waals surface area contributed by atoms with Crippen LogP contribution >= 0.6 is 11.3 Å². The van der Waals surface area contributed by atoms with Crippen LogP contribution in [-0.4, -0.2) is 6.71 Å². The molecule has 328 valence electrons. The number of anilines is 6. The summed E-state index contributed by atoms with van der Waals surface area (Å²) in [6, 6.07) is 51.2. The van der Waals surface area contributed by atoms with E-state index >= 15 is 0 Å². The van der Waals surface area contributed by atoms with Gasteiger partial charge in [-0.05, 0) is 140 Å². The van der Waals surface area contributed by atoms with Gasteiger partial charge < -0.3 is 14.2 Å². The van der Waals surface area contributed by atoms with Gasteiger partial charge in [-0.2, -0.15) is 0 Å². The zero-order valence-electron chi connectivity index (χ0n) is 40.4. The van der Waals surface area contributed by atoms with E-state index in [4.69, 9.17) is 4.42 Å². The molecule has 0 fully saturated rings. The summed E-state index contributed by atoms with van der Waals surface area (Å²) in [7, 11) is 0. The van der Waals surface area contributed by atoms with E-state index in [9.17, 15) is 0 Å². The van der Waals surface area contributed by atoms with Crippen LogP contribution in [0.2, 0.25) is 0 Å². The van der Waals surface area contributed by atoms with Gasteiger partial charge in [0.05, 0.1) is 27.4 Å². The summed E-state index contributed by atoms with van der Waals surface area (Å²) in [6.45, 7) is 25.7. The van der Waals surface area contributed by atoms with Gasteiger partial charge in [0.15, 0.2) is 0 Å². The Kier molecular flexibility index (Phi) is 8.78. The standard InChI is InChI=1S/C61H59BN2OS/c1-36-31-49-53-50(32-36)64(48-28-23-39(59(5,6)7)33-43(48)37-17-13-12-14-18-37)55-47(27-26-42-41-19-15-16-20-52(41)66-56(42)55)62(53)57-54(63(49)40-24-21-38(22-25-40)58(2,3)4)44-34-45-46(35-51(44)65-57)61(10,11)30-29-60(45,8)9/h12-28,31-35H,29-30H2,1-11H3. The highest BCUT2D eigenvalue weighted by Gasteiger charge is 2.49. The molecule has 2 aliphatic heterocycles. The van der Waals surface area contributed by atoms with Gasteiger partial charge in [0.2, 0.25) is 0 Å². The van der Waals surface area contributed by atoms with Crippen molar-refractivity contribution in [1.82, 2.24) is 0 Å². The normalized spacial score (nSPS) is 16.1. The Morgan fingerprint density at radius 3 is 1.91 bits per heavy atom. The van der Waals surface area contributed by atoms with Gasteiger partial charge in [0.25, 0.3) is 6.71 Å². The van der Waals surface area contributed by atoms with Crippen molar-refractivity contribution in [2.75, 3.05) is 9.80 Å². The summed E-state index contributed by atoms with van der Waals surface area (Å²) >= 11 is 1.92. The molecular weight excluding hydrogens is 820 g/mol. The quantitative estimate of drug-likeness (QED) is 0.165. The van der Waals surface area contributed by atoms with Crippen LogP contribution in [0.4, 0.5) is 34.1 Å². The van der Waals surface area contributed by atoms with Crippen LogP contribution in [0.5, 0.6) is 0 Å². The van der Waals surface area contributed by atoms with Crippen LogP contribution < -0.4 is 26.4 Å². The molecule has 0 spiro atoms. The Hall–Kier alpha value is -6.04. The minimum Gasteiger partial charge on any atom is -0.468 e. The molecule has 9 aromatic rings. The number of hydrogen-bond acceptors (Lipinski definition) is 4. The number of hydrogen-bond donors (Lipinski definition) is 0. The third kappa shape index (κ3) is 6.07. The molecule has 0 amide bonds. The van der Waals surface area contributed by atoms with Crippen molar-refractivity contribution in [3.8, 4) is 11.1 Å². The van der Waals surface area contributed by atoms with Crippen molar-refractivity contribution < 1.29 is 4.42 Å². The molecule has 5 heteroatoms. The van der Waals surface area contributed by atoms with E-state index in [0.717, 1.165) is 29.8 Å². The summed E-state index contributed by atoms with van der Waals surface area (Å²) < 4.78 is 10.2. The number of rotatable bonds is 3. The van der Waals surface area contributed by atoms with E-state index in [0.29, 0.717) is 0 Å². The van der Waals surface area contributed by atoms with Crippen molar-refractivity contribution >= 4 is 99.9 Å².